The Morgan fingerprint density at radius 2 is 1.78 bits per heavy atom. The van der Waals surface area contributed by atoms with Crippen molar-refractivity contribution in [3.8, 4) is 11.1 Å². The Morgan fingerprint density at radius 3 is 2.51 bits per heavy atom. The molecule has 4 aromatic rings. The number of aromatic nitrogens is 1. The van der Waals surface area contributed by atoms with Crippen LogP contribution in [-0.2, 0) is 4.79 Å². The summed E-state index contributed by atoms with van der Waals surface area (Å²) in [5.41, 5.74) is 6.51. The first kappa shape index (κ1) is 25.4. The monoisotopic (exact) mass is 551 g/mol. The molecule has 1 N–H and O–H groups in total. The molecule has 188 valence electrons. The van der Waals surface area contributed by atoms with E-state index in [0.717, 1.165) is 33.8 Å². The molecular formula is C28H23Cl2N3O3S. The zero-order valence-electron chi connectivity index (χ0n) is 20.1. The molecule has 2 amide bonds. The number of pyridine rings is 1. The van der Waals surface area contributed by atoms with E-state index >= 15 is 0 Å². The van der Waals surface area contributed by atoms with Crippen LogP contribution < -0.4 is 11.0 Å². The van der Waals surface area contributed by atoms with Crippen molar-refractivity contribution in [2.45, 2.75) is 25.9 Å². The maximum Gasteiger partial charge on any atom is 0.300 e. The molecule has 0 radical (unpaired) electrons. The van der Waals surface area contributed by atoms with Crippen molar-refractivity contribution in [2.24, 2.45) is 0 Å². The fraction of sp³-hybridized carbons (Fsp3) is 0.179. The molecule has 37 heavy (non-hydrogen) atoms. The van der Waals surface area contributed by atoms with E-state index in [4.69, 9.17) is 23.2 Å². The van der Waals surface area contributed by atoms with E-state index in [9.17, 15) is 14.4 Å². The Labute approximate surface area is 228 Å². The highest BCUT2D eigenvalue weighted by atomic mass is 35.5. The highest BCUT2D eigenvalue weighted by molar-refractivity contribution is 8.13. The largest absolute Gasteiger partial charge is 0.300 e. The molecule has 1 aliphatic heterocycles. The fourth-order valence-electron chi connectivity index (χ4n) is 4.60. The van der Waals surface area contributed by atoms with E-state index in [0.29, 0.717) is 26.9 Å². The number of hydrogen-bond donors (Lipinski definition) is 1. The Kier molecular flexibility index (Phi) is 7.03. The lowest BCUT2D eigenvalue weighted by molar-refractivity contribution is -0.128. The molecular weight excluding hydrogens is 529 g/mol. The summed E-state index contributed by atoms with van der Waals surface area (Å²) in [6.45, 7) is 3.63. The third-order valence-corrected chi connectivity index (χ3v) is 7.97. The molecule has 1 aliphatic rings. The van der Waals surface area contributed by atoms with Gasteiger partial charge in [-0.3, -0.25) is 24.4 Å². The summed E-state index contributed by atoms with van der Waals surface area (Å²) in [7, 11) is 0. The number of hydrazine groups is 1. The third-order valence-electron chi connectivity index (χ3n) is 6.48. The number of thioether (sulfide) groups is 1. The van der Waals surface area contributed by atoms with Gasteiger partial charge in [0.25, 0.3) is 11.5 Å². The first-order valence-electron chi connectivity index (χ1n) is 11.7. The van der Waals surface area contributed by atoms with Gasteiger partial charge in [0.05, 0.1) is 11.6 Å². The van der Waals surface area contributed by atoms with Crippen molar-refractivity contribution in [3.05, 3.63) is 104 Å². The van der Waals surface area contributed by atoms with Crippen LogP contribution in [0.3, 0.4) is 0 Å². The quantitative estimate of drug-likeness (QED) is 0.296. The van der Waals surface area contributed by atoms with Crippen LogP contribution in [0.25, 0.3) is 22.0 Å². The molecule has 1 saturated heterocycles. The van der Waals surface area contributed by atoms with Crippen LogP contribution in [0.15, 0.2) is 77.6 Å². The number of nitrogens with one attached hydrogen (secondary N) is 1. The summed E-state index contributed by atoms with van der Waals surface area (Å²) in [6, 6.07) is 20.7. The molecule has 0 bridgehead atoms. The van der Waals surface area contributed by atoms with E-state index in [1.54, 1.807) is 31.2 Å². The van der Waals surface area contributed by atoms with Gasteiger partial charge in [0.15, 0.2) is 0 Å². The summed E-state index contributed by atoms with van der Waals surface area (Å²) < 4.78 is 1.47. The average molecular weight is 552 g/mol. The number of benzene rings is 3. The predicted molar refractivity (Wildman–Crippen MR) is 150 cm³/mol. The zero-order valence-corrected chi connectivity index (χ0v) is 22.4. The minimum absolute atomic E-state index is 0.302. The van der Waals surface area contributed by atoms with Crippen molar-refractivity contribution < 1.29 is 9.59 Å². The SMILES string of the molecule is Cc1ccc2c(c1)c(-c1ccccc1)cc(=O)n2C(C)C(=O)NN1C(=O)SCC1c1ccc(Cl)cc1Cl. The van der Waals surface area contributed by atoms with E-state index in [1.165, 1.54) is 9.58 Å². The Bertz CT molecular complexity index is 1590. The minimum atomic E-state index is -0.887. The molecule has 0 saturated carbocycles. The van der Waals surface area contributed by atoms with Gasteiger partial charge in [-0.15, -0.1) is 0 Å². The second kappa shape index (κ2) is 10.2. The zero-order chi connectivity index (χ0) is 26.3. The van der Waals surface area contributed by atoms with Gasteiger partial charge in [0.2, 0.25) is 0 Å². The van der Waals surface area contributed by atoms with Crippen molar-refractivity contribution in [3.63, 3.8) is 0 Å². The van der Waals surface area contributed by atoms with E-state index < -0.39 is 18.0 Å². The summed E-state index contributed by atoms with van der Waals surface area (Å²) >= 11 is 13.5. The van der Waals surface area contributed by atoms with Crippen LogP contribution in [0.4, 0.5) is 4.79 Å². The minimum Gasteiger partial charge on any atom is -0.296 e. The first-order valence-corrected chi connectivity index (χ1v) is 13.4. The van der Waals surface area contributed by atoms with Gasteiger partial charge in [0.1, 0.15) is 6.04 Å². The second-order valence-corrected chi connectivity index (χ2v) is 10.7. The topological polar surface area (TPSA) is 71.4 Å². The van der Waals surface area contributed by atoms with Crippen LogP contribution in [0.1, 0.15) is 30.1 Å². The summed E-state index contributed by atoms with van der Waals surface area (Å²) in [5, 5.41) is 2.74. The van der Waals surface area contributed by atoms with Gasteiger partial charge in [-0.25, -0.2) is 5.01 Å². The highest BCUT2D eigenvalue weighted by Gasteiger charge is 2.36. The van der Waals surface area contributed by atoms with Crippen molar-refractivity contribution in [1.82, 2.24) is 15.0 Å². The fourth-order valence-corrected chi connectivity index (χ4v) is 6.07. The number of hydrogen-bond acceptors (Lipinski definition) is 4. The highest BCUT2D eigenvalue weighted by Crippen LogP contribution is 2.38. The van der Waals surface area contributed by atoms with Gasteiger partial charge < -0.3 is 0 Å². The third kappa shape index (κ3) is 4.87. The van der Waals surface area contributed by atoms with Gasteiger partial charge in [-0.2, -0.15) is 0 Å². The first-order chi connectivity index (χ1) is 17.7. The van der Waals surface area contributed by atoms with Gasteiger partial charge in [0, 0.05) is 27.3 Å². The molecule has 6 nitrogen and oxygen atoms in total. The normalized spacial score (nSPS) is 16.3. The Hall–Kier alpha value is -3.26. The van der Waals surface area contributed by atoms with Crippen molar-refractivity contribution >= 4 is 57.0 Å². The van der Waals surface area contributed by atoms with E-state index in [2.05, 4.69) is 5.43 Å². The lowest BCUT2D eigenvalue weighted by Gasteiger charge is -2.27. The lowest BCUT2D eigenvalue weighted by atomic mass is 9.99. The van der Waals surface area contributed by atoms with Crippen LogP contribution in [0.2, 0.25) is 10.0 Å². The molecule has 2 heterocycles. The molecule has 0 aliphatic carbocycles. The number of nitrogens with zero attached hydrogens (tertiary/aromatic N) is 2. The predicted octanol–water partition coefficient (Wildman–Crippen LogP) is 6.79. The average Bonchev–Trinajstić information content (AvgIpc) is 3.23. The maximum atomic E-state index is 13.5. The van der Waals surface area contributed by atoms with Gasteiger partial charge in [-0.1, -0.05) is 83.0 Å². The Morgan fingerprint density at radius 1 is 1.03 bits per heavy atom. The molecule has 1 fully saturated rings. The van der Waals surface area contributed by atoms with Crippen LogP contribution >= 0.6 is 35.0 Å². The van der Waals surface area contributed by atoms with Crippen LogP contribution in [0, 0.1) is 6.92 Å². The number of halogens is 2. The number of carbonyl (C=O) groups is 2. The second-order valence-electron chi connectivity index (χ2n) is 8.93. The van der Waals surface area contributed by atoms with E-state index in [1.807, 2.05) is 55.5 Å². The van der Waals surface area contributed by atoms with E-state index in [-0.39, 0.29) is 10.8 Å². The molecule has 0 spiro atoms. The smallest absolute Gasteiger partial charge is 0.296 e. The number of amides is 2. The maximum absolute atomic E-state index is 13.5. The number of carbonyl (C=O) groups excluding carboxylic acids is 2. The Balaban J connectivity index is 1.51. The molecule has 2 atom stereocenters. The standard InChI is InChI=1S/C28H23Cl2N3O3S/c1-16-8-11-24-22(12-16)21(18-6-4-3-5-7-18)14-26(34)32(24)17(2)27(35)31-33-25(15-37-28(33)36)20-10-9-19(29)13-23(20)30/h3-14,17,25H,15H2,1-2H3,(H,31,35). The van der Waals surface area contributed by atoms with Crippen LogP contribution in [0.5, 0.6) is 0 Å². The number of rotatable bonds is 5. The summed E-state index contributed by atoms with van der Waals surface area (Å²) in [5.74, 6) is -0.0645. The number of aryl methyl sites for hydroxylation is 1. The number of fused-ring (bicyclic) bond motifs is 1. The molecule has 2 unspecified atom stereocenters. The van der Waals surface area contributed by atoms with Crippen LogP contribution in [-0.4, -0.2) is 26.5 Å². The molecule has 3 aromatic carbocycles. The van der Waals surface area contributed by atoms with Crippen molar-refractivity contribution in [1.29, 1.82) is 0 Å². The molecule has 9 heteroatoms. The van der Waals surface area contributed by atoms with Gasteiger partial charge in [-0.05, 0) is 54.8 Å². The van der Waals surface area contributed by atoms with Gasteiger partial charge >= 0.3 is 5.24 Å². The summed E-state index contributed by atoms with van der Waals surface area (Å²) in [6.07, 6.45) is 0. The lowest BCUT2D eigenvalue weighted by Crippen LogP contribution is -2.47. The summed E-state index contributed by atoms with van der Waals surface area (Å²) in [4.78, 5) is 39.5. The van der Waals surface area contributed by atoms with Crippen molar-refractivity contribution in [2.75, 3.05) is 5.75 Å². The molecule has 1 aromatic heterocycles. The molecule has 5 rings (SSSR count).